The second kappa shape index (κ2) is 8.59. The first-order valence-corrected chi connectivity index (χ1v) is 10.0. The number of carbonyl (C=O) groups is 1. The van der Waals surface area contributed by atoms with Crippen molar-refractivity contribution in [1.29, 1.82) is 0 Å². The van der Waals surface area contributed by atoms with Gasteiger partial charge in [0.2, 0.25) is 0 Å². The van der Waals surface area contributed by atoms with Crippen molar-refractivity contribution in [3.63, 3.8) is 0 Å². The molecule has 3 rings (SSSR count). The quantitative estimate of drug-likeness (QED) is 0.731. The number of fused-ring (bicyclic) bond motifs is 1. The van der Waals surface area contributed by atoms with E-state index in [0.717, 1.165) is 54.3 Å². The Morgan fingerprint density at radius 3 is 2.80 bits per heavy atom. The van der Waals surface area contributed by atoms with Crippen molar-refractivity contribution >= 4 is 27.7 Å². The Balaban J connectivity index is 1.71. The second-order valence-corrected chi connectivity index (χ2v) is 7.96. The van der Waals surface area contributed by atoms with Crippen LogP contribution in [-0.2, 0) is 20.5 Å². The van der Waals surface area contributed by atoms with Gasteiger partial charge in [-0.15, -0.1) is 0 Å². The minimum absolute atomic E-state index is 0.169. The molecule has 5 heteroatoms. The summed E-state index contributed by atoms with van der Waals surface area (Å²) in [6, 6.07) is 14.5. The topological polar surface area (TPSA) is 46.6 Å². The fourth-order valence-corrected chi connectivity index (χ4v) is 4.94. The lowest BCUT2D eigenvalue weighted by molar-refractivity contribution is -0.140. The first-order valence-electron chi connectivity index (χ1n) is 8.93. The molecule has 1 heterocycles. The highest BCUT2D eigenvalue weighted by Gasteiger charge is 2.27. The monoisotopic (exact) mass is 359 g/mol. The van der Waals surface area contributed by atoms with E-state index in [2.05, 4.69) is 16.4 Å². The fourth-order valence-electron chi connectivity index (χ4n) is 3.48. The van der Waals surface area contributed by atoms with Crippen molar-refractivity contribution in [3.05, 3.63) is 42.5 Å². The molecule has 0 amide bonds. The average molecular weight is 359 g/mol. The van der Waals surface area contributed by atoms with Gasteiger partial charge in [-0.2, -0.15) is 0 Å². The molecule has 25 heavy (non-hydrogen) atoms. The highest BCUT2D eigenvalue weighted by molar-refractivity contribution is 7.82. The number of nitrogens with zero attached hydrogens (tertiary/aromatic N) is 1. The van der Waals surface area contributed by atoms with Gasteiger partial charge < -0.3 is 4.74 Å². The zero-order valence-corrected chi connectivity index (χ0v) is 15.5. The normalized spacial score (nSPS) is 19.6. The Morgan fingerprint density at radius 1 is 1.20 bits per heavy atom. The lowest BCUT2D eigenvalue weighted by atomic mass is 10.00. The van der Waals surface area contributed by atoms with Gasteiger partial charge in [0.15, 0.2) is 0 Å². The van der Waals surface area contributed by atoms with Crippen LogP contribution >= 0.6 is 0 Å². The Bertz CT molecular complexity index is 761. The van der Waals surface area contributed by atoms with Crippen molar-refractivity contribution in [2.45, 2.75) is 49.5 Å². The lowest BCUT2D eigenvalue weighted by Crippen LogP contribution is -2.40. The SMILES string of the molecule is COC(=O)CCCC1CCCCN1S(=O)c1ccc2ccccc2c1. The van der Waals surface area contributed by atoms with Crippen LogP contribution in [0.2, 0.25) is 0 Å². The van der Waals surface area contributed by atoms with Crippen molar-refractivity contribution < 1.29 is 13.7 Å². The Morgan fingerprint density at radius 2 is 2.00 bits per heavy atom. The lowest BCUT2D eigenvalue weighted by Gasteiger charge is -2.34. The summed E-state index contributed by atoms with van der Waals surface area (Å²) in [6.07, 6.45) is 5.38. The number of hydrogen-bond acceptors (Lipinski definition) is 3. The molecule has 0 bridgehead atoms. The summed E-state index contributed by atoms with van der Waals surface area (Å²) in [5.74, 6) is -0.169. The maximum absolute atomic E-state index is 13.2. The average Bonchev–Trinajstić information content (AvgIpc) is 2.67. The number of esters is 1. The van der Waals surface area contributed by atoms with Gasteiger partial charge in [0, 0.05) is 19.0 Å². The molecule has 2 aromatic rings. The zero-order chi connectivity index (χ0) is 17.6. The van der Waals surface area contributed by atoms with E-state index in [1.54, 1.807) is 0 Å². The molecule has 2 atom stereocenters. The number of methoxy groups -OCH3 is 1. The second-order valence-electron chi connectivity index (χ2n) is 6.52. The molecule has 134 valence electrons. The molecule has 1 aliphatic heterocycles. The van der Waals surface area contributed by atoms with Crippen LogP contribution in [0.15, 0.2) is 47.4 Å². The Kier molecular flexibility index (Phi) is 6.21. The molecular weight excluding hydrogens is 334 g/mol. The molecule has 2 unspecified atom stereocenters. The van der Waals surface area contributed by atoms with E-state index >= 15 is 0 Å². The Hall–Kier alpha value is -1.72. The molecule has 1 aliphatic rings. The molecule has 0 radical (unpaired) electrons. The van der Waals surface area contributed by atoms with Crippen LogP contribution in [0, 0.1) is 0 Å². The smallest absolute Gasteiger partial charge is 0.305 e. The van der Waals surface area contributed by atoms with E-state index < -0.39 is 11.0 Å². The van der Waals surface area contributed by atoms with E-state index in [0.29, 0.717) is 6.42 Å². The summed E-state index contributed by atoms with van der Waals surface area (Å²) in [5.41, 5.74) is 0. The van der Waals surface area contributed by atoms with Gasteiger partial charge in [-0.3, -0.25) is 4.79 Å². The molecule has 0 saturated carbocycles. The van der Waals surface area contributed by atoms with E-state index in [1.807, 2.05) is 30.3 Å². The largest absolute Gasteiger partial charge is 0.469 e. The van der Waals surface area contributed by atoms with Crippen molar-refractivity contribution in [2.24, 2.45) is 0 Å². The number of carbonyl (C=O) groups excluding carboxylic acids is 1. The molecule has 2 aromatic carbocycles. The number of ether oxygens (including phenoxy) is 1. The number of piperidine rings is 1. The van der Waals surface area contributed by atoms with Crippen molar-refractivity contribution in [2.75, 3.05) is 13.7 Å². The highest BCUT2D eigenvalue weighted by atomic mass is 32.2. The number of hydrogen-bond donors (Lipinski definition) is 0. The fraction of sp³-hybridized carbons (Fsp3) is 0.450. The number of benzene rings is 2. The molecule has 0 spiro atoms. The van der Waals surface area contributed by atoms with Crippen LogP contribution in [0.5, 0.6) is 0 Å². The summed E-state index contributed by atoms with van der Waals surface area (Å²) in [6.45, 7) is 0.850. The third kappa shape index (κ3) is 4.47. The van der Waals surface area contributed by atoms with Gasteiger partial charge in [0.25, 0.3) is 0 Å². The van der Waals surface area contributed by atoms with E-state index in [4.69, 9.17) is 4.74 Å². The van der Waals surface area contributed by atoms with Crippen LogP contribution in [0.25, 0.3) is 10.8 Å². The Labute approximate surface area is 151 Å². The summed E-state index contributed by atoms with van der Waals surface area (Å²) >= 11 is 0. The minimum atomic E-state index is -1.15. The van der Waals surface area contributed by atoms with Crippen molar-refractivity contribution in [3.8, 4) is 0 Å². The number of rotatable bonds is 6. The molecule has 0 aromatic heterocycles. The van der Waals surface area contributed by atoms with E-state index in [-0.39, 0.29) is 12.0 Å². The van der Waals surface area contributed by atoms with Crippen LogP contribution < -0.4 is 0 Å². The summed E-state index contributed by atoms with van der Waals surface area (Å²) in [7, 11) is 0.266. The van der Waals surface area contributed by atoms with E-state index in [9.17, 15) is 9.00 Å². The van der Waals surface area contributed by atoms with E-state index in [1.165, 1.54) is 7.11 Å². The van der Waals surface area contributed by atoms with Crippen LogP contribution in [0.4, 0.5) is 0 Å². The predicted molar refractivity (Wildman–Crippen MR) is 101 cm³/mol. The maximum Gasteiger partial charge on any atom is 0.305 e. The van der Waals surface area contributed by atoms with Crippen LogP contribution in [-0.4, -0.2) is 34.2 Å². The van der Waals surface area contributed by atoms with Gasteiger partial charge in [-0.25, -0.2) is 8.51 Å². The summed E-state index contributed by atoms with van der Waals surface area (Å²) in [4.78, 5) is 12.2. The maximum atomic E-state index is 13.2. The summed E-state index contributed by atoms with van der Waals surface area (Å²) < 4.78 is 20.0. The molecular formula is C20H25NO3S. The molecule has 0 N–H and O–H groups in total. The third-order valence-electron chi connectivity index (χ3n) is 4.85. The predicted octanol–water partition coefficient (Wildman–Crippen LogP) is 4.06. The standard InChI is InChI=1S/C20H25NO3S/c1-24-20(22)11-6-10-18-9-4-5-14-21(18)25(23)19-13-12-16-7-2-3-8-17(16)15-19/h2-3,7-8,12-13,15,18H,4-6,9-11,14H2,1H3. The van der Waals surface area contributed by atoms with Crippen molar-refractivity contribution in [1.82, 2.24) is 4.31 Å². The third-order valence-corrected chi connectivity index (χ3v) is 6.42. The molecule has 0 aliphatic carbocycles. The first-order chi connectivity index (χ1) is 12.2. The van der Waals surface area contributed by atoms with Gasteiger partial charge in [0.05, 0.1) is 12.0 Å². The summed E-state index contributed by atoms with van der Waals surface area (Å²) in [5, 5.41) is 2.28. The molecule has 4 nitrogen and oxygen atoms in total. The van der Waals surface area contributed by atoms with Crippen LogP contribution in [0.1, 0.15) is 38.5 Å². The van der Waals surface area contributed by atoms with Gasteiger partial charge in [0.1, 0.15) is 11.0 Å². The van der Waals surface area contributed by atoms with Gasteiger partial charge in [-0.1, -0.05) is 36.8 Å². The minimum Gasteiger partial charge on any atom is -0.469 e. The molecule has 1 saturated heterocycles. The van der Waals surface area contributed by atoms with Gasteiger partial charge >= 0.3 is 5.97 Å². The molecule has 1 fully saturated rings. The first kappa shape index (κ1) is 18.1. The van der Waals surface area contributed by atoms with Crippen LogP contribution in [0.3, 0.4) is 0 Å². The van der Waals surface area contributed by atoms with Gasteiger partial charge in [-0.05, 0) is 48.6 Å². The highest BCUT2D eigenvalue weighted by Crippen LogP contribution is 2.27. The zero-order valence-electron chi connectivity index (χ0n) is 14.6.